The van der Waals surface area contributed by atoms with Gasteiger partial charge in [0.25, 0.3) is 0 Å². The van der Waals surface area contributed by atoms with E-state index in [4.69, 9.17) is 0 Å². The fourth-order valence-corrected chi connectivity index (χ4v) is 4.31. The molecule has 112 valence electrons. The first kappa shape index (κ1) is 14.8. The van der Waals surface area contributed by atoms with E-state index in [1.165, 1.54) is 4.88 Å². The number of aryl methyl sites for hydroxylation is 1. The molecule has 1 amide bonds. The third-order valence-corrected chi connectivity index (χ3v) is 5.40. The van der Waals surface area contributed by atoms with Crippen molar-refractivity contribution in [1.29, 1.82) is 5.26 Å². The van der Waals surface area contributed by atoms with Crippen LogP contribution in [0.5, 0.6) is 0 Å². The zero-order valence-electron chi connectivity index (χ0n) is 12.6. The van der Waals surface area contributed by atoms with Crippen LogP contribution >= 0.6 is 11.3 Å². The summed E-state index contributed by atoms with van der Waals surface area (Å²) in [6.07, 6.45) is 3.84. The molecule has 3 rings (SSSR count). The maximum Gasteiger partial charge on any atom is 0.232 e. The Balaban J connectivity index is 1.84. The molecule has 0 bridgehead atoms. The maximum absolute atomic E-state index is 12.6. The Morgan fingerprint density at radius 3 is 2.82 bits per heavy atom. The van der Waals surface area contributed by atoms with E-state index in [0.29, 0.717) is 5.56 Å². The van der Waals surface area contributed by atoms with Crippen LogP contribution in [-0.2, 0) is 17.6 Å². The van der Waals surface area contributed by atoms with Crippen LogP contribution < -0.4 is 5.32 Å². The van der Waals surface area contributed by atoms with E-state index in [2.05, 4.69) is 11.4 Å². The lowest BCUT2D eigenvalue weighted by atomic mass is 9.95. The van der Waals surface area contributed by atoms with Crippen molar-refractivity contribution in [2.75, 3.05) is 5.32 Å². The highest BCUT2D eigenvalue weighted by Gasteiger charge is 2.25. The summed E-state index contributed by atoms with van der Waals surface area (Å²) in [4.78, 5) is 13.9. The second kappa shape index (κ2) is 6.33. The molecule has 0 fully saturated rings. The third kappa shape index (κ3) is 2.65. The fraction of sp³-hybridized carbons (Fsp3) is 0.333. The molecule has 1 heterocycles. The third-order valence-electron chi connectivity index (χ3n) is 4.20. The number of hydrogen-bond donors (Lipinski definition) is 1. The number of fused-ring (bicyclic) bond motifs is 1. The molecule has 1 atom stereocenters. The van der Waals surface area contributed by atoms with Crippen molar-refractivity contribution < 1.29 is 4.79 Å². The highest BCUT2D eigenvalue weighted by molar-refractivity contribution is 7.16. The van der Waals surface area contributed by atoms with Crippen molar-refractivity contribution in [2.45, 2.75) is 38.5 Å². The Bertz CT molecular complexity index is 728. The van der Waals surface area contributed by atoms with Crippen molar-refractivity contribution in [2.24, 2.45) is 0 Å². The van der Waals surface area contributed by atoms with Crippen molar-refractivity contribution in [3.05, 3.63) is 51.9 Å². The largest absolute Gasteiger partial charge is 0.316 e. The van der Waals surface area contributed by atoms with Crippen molar-refractivity contribution in [1.82, 2.24) is 0 Å². The molecule has 3 nitrogen and oxygen atoms in total. The first-order chi connectivity index (χ1) is 10.7. The number of amides is 1. The van der Waals surface area contributed by atoms with Gasteiger partial charge in [-0.3, -0.25) is 4.79 Å². The Morgan fingerprint density at radius 1 is 1.36 bits per heavy atom. The van der Waals surface area contributed by atoms with Gasteiger partial charge in [-0.2, -0.15) is 5.26 Å². The topological polar surface area (TPSA) is 52.9 Å². The Labute approximate surface area is 134 Å². The summed E-state index contributed by atoms with van der Waals surface area (Å²) in [5, 5.41) is 13.1. The first-order valence-corrected chi connectivity index (χ1v) is 8.46. The van der Waals surface area contributed by atoms with Gasteiger partial charge in [0.2, 0.25) is 5.91 Å². The molecule has 1 aliphatic carbocycles. The molecule has 0 saturated heterocycles. The Kier molecular flexibility index (Phi) is 4.26. The van der Waals surface area contributed by atoms with Crippen molar-refractivity contribution >= 4 is 22.2 Å². The number of hydrogen-bond acceptors (Lipinski definition) is 3. The van der Waals surface area contributed by atoms with Gasteiger partial charge in [0.05, 0.1) is 11.5 Å². The van der Waals surface area contributed by atoms with Gasteiger partial charge < -0.3 is 5.32 Å². The van der Waals surface area contributed by atoms with Crippen LogP contribution in [0, 0.1) is 11.3 Å². The van der Waals surface area contributed by atoms with Crippen LogP contribution in [0.1, 0.15) is 47.3 Å². The number of carbonyl (C=O) groups excluding carboxylic acids is 1. The van der Waals surface area contributed by atoms with E-state index in [1.54, 1.807) is 11.3 Å². The minimum absolute atomic E-state index is 0.0230. The number of rotatable bonds is 4. The molecule has 1 aromatic heterocycles. The molecule has 4 heteroatoms. The Morgan fingerprint density at radius 2 is 2.14 bits per heavy atom. The molecule has 22 heavy (non-hydrogen) atoms. The lowest BCUT2D eigenvalue weighted by Crippen LogP contribution is -2.20. The predicted molar refractivity (Wildman–Crippen MR) is 89.2 cm³/mol. The summed E-state index contributed by atoms with van der Waals surface area (Å²) in [7, 11) is 0. The molecular weight excluding hydrogens is 292 g/mol. The summed E-state index contributed by atoms with van der Waals surface area (Å²) >= 11 is 1.57. The van der Waals surface area contributed by atoms with Crippen molar-refractivity contribution in [3.63, 3.8) is 0 Å². The van der Waals surface area contributed by atoms with Gasteiger partial charge in [0.15, 0.2) is 0 Å². The number of benzene rings is 1. The minimum Gasteiger partial charge on any atom is -0.316 e. The molecule has 0 radical (unpaired) electrons. The standard InChI is InChI=1S/C18H18N2OS/c1-2-13(12-7-4-3-5-8-12)17(21)20-18-15(11-19)14-9-6-10-16(14)22-18/h3-5,7-8,13H,2,6,9-10H2,1H3,(H,20,21)/t13-/m0/s1. The van der Waals surface area contributed by atoms with E-state index in [9.17, 15) is 10.1 Å². The van der Waals surface area contributed by atoms with Crippen LogP contribution in [-0.4, -0.2) is 5.91 Å². The quantitative estimate of drug-likeness (QED) is 0.918. The summed E-state index contributed by atoms with van der Waals surface area (Å²) in [6.45, 7) is 2.01. The molecule has 0 aliphatic heterocycles. The zero-order valence-corrected chi connectivity index (χ0v) is 13.4. The number of carbonyl (C=O) groups is 1. The zero-order chi connectivity index (χ0) is 15.5. The number of nitriles is 1. The first-order valence-electron chi connectivity index (χ1n) is 7.65. The van der Waals surface area contributed by atoms with Crippen LogP contribution in [0.25, 0.3) is 0 Å². The van der Waals surface area contributed by atoms with Gasteiger partial charge in [0, 0.05) is 4.88 Å². The van der Waals surface area contributed by atoms with Gasteiger partial charge in [0.1, 0.15) is 11.1 Å². The van der Waals surface area contributed by atoms with Crippen LogP contribution in [0.2, 0.25) is 0 Å². The van der Waals surface area contributed by atoms with Gasteiger partial charge in [-0.25, -0.2) is 0 Å². The molecule has 0 unspecified atom stereocenters. The normalized spacial score (nSPS) is 14.2. The van der Waals surface area contributed by atoms with Crippen molar-refractivity contribution in [3.8, 4) is 6.07 Å². The molecule has 1 aliphatic rings. The lowest BCUT2D eigenvalue weighted by molar-refractivity contribution is -0.117. The molecule has 1 aromatic carbocycles. The van der Waals surface area contributed by atoms with E-state index in [-0.39, 0.29) is 11.8 Å². The SMILES string of the molecule is CC[C@H](C(=O)Nc1sc2c(c1C#N)CCC2)c1ccccc1. The highest BCUT2D eigenvalue weighted by Crippen LogP contribution is 2.39. The van der Waals surface area contributed by atoms with Crippen LogP contribution in [0.3, 0.4) is 0 Å². The predicted octanol–water partition coefficient (Wildman–Crippen LogP) is 4.24. The van der Waals surface area contributed by atoms with Crippen LogP contribution in [0.15, 0.2) is 30.3 Å². The summed E-state index contributed by atoms with van der Waals surface area (Å²) in [5.41, 5.74) is 2.84. The fourth-order valence-electron chi connectivity index (χ4n) is 3.07. The smallest absolute Gasteiger partial charge is 0.232 e. The van der Waals surface area contributed by atoms with E-state index in [1.807, 2.05) is 37.3 Å². The number of anilines is 1. The van der Waals surface area contributed by atoms with E-state index >= 15 is 0 Å². The number of nitrogens with zero attached hydrogens (tertiary/aromatic N) is 1. The average Bonchev–Trinajstić information content (AvgIpc) is 3.09. The summed E-state index contributed by atoms with van der Waals surface area (Å²) < 4.78 is 0. The monoisotopic (exact) mass is 310 g/mol. The highest BCUT2D eigenvalue weighted by atomic mass is 32.1. The maximum atomic E-state index is 12.6. The molecule has 0 spiro atoms. The average molecular weight is 310 g/mol. The minimum atomic E-state index is -0.176. The molecule has 1 N–H and O–H groups in total. The summed E-state index contributed by atoms with van der Waals surface area (Å²) in [6, 6.07) is 12.1. The lowest BCUT2D eigenvalue weighted by Gasteiger charge is -2.15. The molecule has 2 aromatic rings. The van der Waals surface area contributed by atoms with E-state index in [0.717, 1.165) is 41.8 Å². The second-order valence-corrected chi connectivity index (χ2v) is 6.64. The molecular formula is C18H18N2OS. The van der Waals surface area contributed by atoms with Gasteiger partial charge in [-0.1, -0.05) is 37.3 Å². The van der Waals surface area contributed by atoms with Gasteiger partial charge >= 0.3 is 0 Å². The molecule has 0 saturated carbocycles. The van der Waals surface area contributed by atoms with Gasteiger partial charge in [-0.15, -0.1) is 11.3 Å². The summed E-state index contributed by atoms with van der Waals surface area (Å²) in [5.74, 6) is -0.199. The van der Waals surface area contributed by atoms with E-state index < -0.39 is 0 Å². The number of thiophene rings is 1. The number of nitrogens with one attached hydrogen (secondary N) is 1. The van der Waals surface area contributed by atoms with Gasteiger partial charge in [-0.05, 0) is 36.8 Å². The second-order valence-electron chi connectivity index (χ2n) is 5.53. The van der Waals surface area contributed by atoms with Crippen LogP contribution in [0.4, 0.5) is 5.00 Å². The Hall–Kier alpha value is -2.12.